The first-order valence-corrected chi connectivity index (χ1v) is 4.42. The molecule has 0 spiro atoms. The monoisotopic (exact) mass is 225 g/mol. The largest absolute Gasteiger partial charge is 0.505 e. The van der Waals surface area contributed by atoms with Gasteiger partial charge in [0.05, 0.1) is 12.1 Å². The van der Waals surface area contributed by atoms with Gasteiger partial charge < -0.3 is 10.4 Å². The van der Waals surface area contributed by atoms with E-state index in [2.05, 4.69) is 17.2 Å². The first-order valence-electron chi connectivity index (χ1n) is 4.42. The van der Waals surface area contributed by atoms with Crippen molar-refractivity contribution in [3.63, 3.8) is 0 Å². The summed E-state index contributed by atoms with van der Waals surface area (Å²) >= 11 is 0. The van der Waals surface area contributed by atoms with Crippen molar-refractivity contribution in [3.05, 3.63) is 29.3 Å². The summed E-state index contributed by atoms with van der Waals surface area (Å²) < 4.78 is 26.0. The van der Waals surface area contributed by atoms with Gasteiger partial charge >= 0.3 is 0 Å². The van der Waals surface area contributed by atoms with E-state index in [1.54, 1.807) is 0 Å². The summed E-state index contributed by atoms with van der Waals surface area (Å²) in [6, 6.07) is 2.18. The number of phenolic OH excluding ortho intramolecular Hbond substituents is 1. The fourth-order valence-electron chi connectivity index (χ4n) is 0.944. The van der Waals surface area contributed by atoms with Crippen LogP contribution in [-0.4, -0.2) is 17.6 Å². The predicted octanol–water partition coefficient (Wildman–Crippen LogP) is 1.16. The molecule has 0 aliphatic carbocycles. The summed E-state index contributed by atoms with van der Waals surface area (Å²) in [6.45, 7) is 1.37. The fourth-order valence-corrected chi connectivity index (χ4v) is 0.944. The Kier molecular flexibility index (Phi) is 3.84. The van der Waals surface area contributed by atoms with Crippen molar-refractivity contribution in [2.75, 3.05) is 6.54 Å². The highest BCUT2D eigenvalue weighted by Crippen LogP contribution is 2.20. The van der Waals surface area contributed by atoms with Crippen LogP contribution in [0.25, 0.3) is 0 Å². The normalized spacial score (nSPS) is 9.19. The maximum Gasteiger partial charge on any atom is 0.217 e. The van der Waals surface area contributed by atoms with Crippen LogP contribution in [-0.2, 0) is 4.79 Å². The van der Waals surface area contributed by atoms with Gasteiger partial charge in [-0.25, -0.2) is 4.39 Å². The zero-order chi connectivity index (χ0) is 12.1. The Balaban J connectivity index is 2.82. The number of nitrogens with one attached hydrogen (secondary N) is 1. The molecule has 0 radical (unpaired) electrons. The molecular weight excluding hydrogens is 216 g/mol. The average Bonchev–Trinajstić information content (AvgIpc) is 2.23. The smallest absolute Gasteiger partial charge is 0.217 e. The van der Waals surface area contributed by atoms with E-state index in [4.69, 9.17) is 5.11 Å². The minimum Gasteiger partial charge on any atom is -0.505 e. The molecular formula is C11H9F2NO2. The van der Waals surface area contributed by atoms with Gasteiger partial charge in [-0.05, 0) is 12.1 Å². The summed E-state index contributed by atoms with van der Waals surface area (Å²) in [6.07, 6.45) is 0. The lowest BCUT2D eigenvalue weighted by molar-refractivity contribution is -0.118. The highest BCUT2D eigenvalue weighted by molar-refractivity contribution is 5.73. The molecule has 16 heavy (non-hydrogen) atoms. The third-order valence-electron chi connectivity index (χ3n) is 1.71. The lowest BCUT2D eigenvalue weighted by Crippen LogP contribution is -2.19. The van der Waals surface area contributed by atoms with Crippen molar-refractivity contribution in [3.8, 4) is 17.6 Å². The summed E-state index contributed by atoms with van der Waals surface area (Å²) in [5, 5.41) is 11.2. The van der Waals surface area contributed by atoms with Crippen LogP contribution in [0.4, 0.5) is 8.78 Å². The second kappa shape index (κ2) is 5.12. The quantitative estimate of drug-likeness (QED) is 0.704. The molecule has 0 aromatic heterocycles. The van der Waals surface area contributed by atoms with Gasteiger partial charge in [0.25, 0.3) is 0 Å². The van der Waals surface area contributed by atoms with Gasteiger partial charge in [0.15, 0.2) is 11.6 Å². The standard InChI is InChI=1S/C11H9F2NO2/c1-7(15)14-6-2-3-8-4-5-9(16)11(13)10(8)12/h4-5,16H,6H2,1H3,(H,14,15). The van der Waals surface area contributed by atoms with Gasteiger partial charge in [-0.2, -0.15) is 4.39 Å². The van der Waals surface area contributed by atoms with Gasteiger partial charge in [0, 0.05) is 6.92 Å². The van der Waals surface area contributed by atoms with E-state index in [0.717, 1.165) is 12.1 Å². The van der Waals surface area contributed by atoms with Gasteiger partial charge in [-0.1, -0.05) is 11.8 Å². The van der Waals surface area contributed by atoms with Crippen molar-refractivity contribution in [1.29, 1.82) is 0 Å². The van der Waals surface area contributed by atoms with Crippen molar-refractivity contribution in [1.82, 2.24) is 5.32 Å². The predicted molar refractivity (Wildman–Crippen MR) is 53.6 cm³/mol. The topological polar surface area (TPSA) is 49.3 Å². The van der Waals surface area contributed by atoms with Crippen molar-refractivity contribution >= 4 is 5.91 Å². The minimum atomic E-state index is -1.33. The van der Waals surface area contributed by atoms with Crippen LogP contribution in [0, 0.1) is 23.5 Å². The molecule has 0 saturated heterocycles. The van der Waals surface area contributed by atoms with Crippen LogP contribution >= 0.6 is 0 Å². The molecule has 0 atom stereocenters. The number of hydrogen-bond donors (Lipinski definition) is 2. The summed E-state index contributed by atoms with van der Waals surface area (Å²) in [7, 11) is 0. The van der Waals surface area contributed by atoms with E-state index in [-0.39, 0.29) is 18.0 Å². The molecule has 1 amide bonds. The minimum absolute atomic E-state index is 0.0528. The number of rotatable bonds is 1. The highest BCUT2D eigenvalue weighted by atomic mass is 19.2. The Morgan fingerprint density at radius 2 is 2.12 bits per heavy atom. The van der Waals surface area contributed by atoms with E-state index >= 15 is 0 Å². The number of hydrogen-bond acceptors (Lipinski definition) is 2. The van der Waals surface area contributed by atoms with Crippen LogP contribution in [0.5, 0.6) is 5.75 Å². The molecule has 2 N–H and O–H groups in total. The van der Waals surface area contributed by atoms with E-state index in [1.165, 1.54) is 6.92 Å². The highest BCUT2D eigenvalue weighted by Gasteiger charge is 2.10. The van der Waals surface area contributed by atoms with E-state index in [9.17, 15) is 13.6 Å². The maximum atomic E-state index is 13.1. The maximum absolute atomic E-state index is 13.1. The molecule has 0 aliphatic heterocycles. The first kappa shape index (κ1) is 12.0. The van der Waals surface area contributed by atoms with Crippen LogP contribution in [0.15, 0.2) is 12.1 Å². The van der Waals surface area contributed by atoms with Crippen LogP contribution in [0.2, 0.25) is 0 Å². The summed E-state index contributed by atoms with van der Waals surface area (Å²) in [5.41, 5.74) is -0.166. The Hall–Kier alpha value is -2.09. The molecule has 0 heterocycles. The number of phenols is 1. The number of amides is 1. The number of aromatic hydroxyl groups is 1. The third-order valence-corrected chi connectivity index (χ3v) is 1.71. The summed E-state index contributed by atoms with van der Waals surface area (Å²) in [5.74, 6) is 1.25. The second-order valence-electron chi connectivity index (χ2n) is 2.97. The third kappa shape index (κ3) is 2.95. The fraction of sp³-hybridized carbons (Fsp3) is 0.182. The molecule has 1 rings (SSSR count). The van der Waals surface area contributed by atoms with E-state index < -0.39 is 17.4 Å². The zero-order valence-electron chi connectivity index (χ0n) is 8.47. The molecule has 0 bridgehead atoms. The molecule has 3 nitrogen and oxygen atoms in total. The Labute approximate surface area is 91.1 Å². The van der Waals surface area contributed by atoms with Crippen LogP contribution in [0.1, 0.15) is 12.5 Å². The lowest BCUT2D eigenvalue weighted by atomic mass is 10.2. The Bertz CT molecular complexity index is 475. The zero-order valence-corrected chi connectivity index (χ0v) is 8.47. The molecule has 0 unspecified atom stereocenters. The number of carbonyl (C=O) groups is 1. The van der Waals surface area contributed by atoms with Crippen LogP contribution < -0.4 is 5.32 Å². The molecule has 1 aromatic carbocycles. The van der Waals surface area contributed by atoms with Gasteiger partial charge in [-0.15, -0.1) is 0 Å². The average molecular weight is 225 g/mol. The molecule has 0 aliphatic rings. The molecule has 84 valence electrons. The van der Waals surface area contributed by atoms with E-state index in [1.807, 2.05) is 0 Å². The number of halogens is 2. The lowest BCUT2D eigenvalue weighted by Gasteiger charge is -1.98. The first-order chi connectivity index (χ1) is 7.52. The molecule has 0 saturated carbocycles. The SMILES string of the molecule is CC(=O)NCC#Cc1ccc(O)c(F)c1F. The van der Waals surface area contributed by atoms with Crippen molar-refractivity contribution < 1.29 is 18.7 Å². The van der Waals surface area contributed by atoms with Crippen molar-refractivity contribution in [2.45, 2.75) is 6.92 Å². The van der Waals surface area contributed by atoms with Crippen LogP contribution in [0.3, 0.4) is 0 Å². The second-order valence-corrected chi connectivity index (χ2v) is 2.97. The van der Waals surface area contributed by atoms with Gasteiger partial charge in [0.1, 0.15) is 0 Å². The molecule has 5 heteroatoms. The summed E-state index contributed by atoms with van der Waals surface area (Å²) in [4.78, 5) is 10.5. The molecule has 0 fully saturated rings. The van der Waals surface area contributed by atoms with Crippen molar-refractivity contribution in [2.24, 2.45) is 0 Å². The molecule has 1 aromatic rings. The Morgan fingerprint density at radius 3 is 2.75 bits per heavy atom. The number of carbonyl (C=O) groups excluding carboxylic acids is 1. The number of benzene rings is 1. The van der Waals surface area contributed by atoms with Gasteiger partial charge in [-0.3, -0.25) is 4.79 Å². The Morgan fingerprint density at radius 1 is 1.44 bits per heavy atom. The van der Waals surface area contributed by atoms with E-state index in [0.29, 0.717) is 0 Å². The van der Waals surface area contributed by atoms with Gasteiger partial charge in [0.2, 0.25) is 11.7 Å².